The number of piperazine rings is 1. The molecular weight excluding hydrogens is 350 g/mol. The Balaban J connectivity index is 1.41. The Morgan fingerprint density at radius 3 is 2.69 bits per heavy atom. The second-order valence-electron chi connectivity index (χ2n) is 7.29. The van der Waals surface area contributed by atoms with Crippen LogP contribution in [-0.2, 0) is 13.1 Å². The number of hydrogen-bond acceptors (Lipinski definition) is 5. The molecular formula is C19H24ClN5O. The van der Waals surface area contributed by atoms with Crippen molar-refractivity contribution in [1.82, 2.24) is 19.7 Å². The van der Waals surface area contributed by atoms with E-state index in [4.69, 9.17) is 11.6 Å². The Morgan fingerprint density at radius 2 is 2.00 bits per heavy atom. The predicted molar refractivity (Wildman–Crippen MR) is 103 cm³/mol. The van der Waals surface area contributed by atoms with E-state index in [0.29, 0.717) is 17.5 Å². The first kappa shape index (κ1) is 17.5. The molecule has 1 aliphatic carbocycles. The molecule has 7 heteroatoms. The summed E-state index contributed by atoms with van der Waals surface area (Å²) in [4.78, 5) is 21.4. The minimum Gasteiger partial charge on any atom is -0.366 e. The molecule has 3 heterocycles. The molecule has 2 aromatic heterocycles. The number of aryl methyl sites for hydroxylation is 1. The van der Waals surface area contributed by atoms with Crippen LogP contribution in [0.1, 0.15) is 24.1 Å². The van der Waals surface area contributed by atoms with Crippen molar-refractivity contribution >= 4 is 17.3 Å². The largest absolute Gasteiger partial charge is 0.366 e. The van der Waals surface area contributed by atoms with Crippen LogP contribution in [0.15, 0.2) is 29.3 Å². The van der Waals surface area contributed by atoms with Crippen molar-refractivity contribution in [3.63, 3.8) is 0 Å². The molecule has 0 unspecified atom stereocenters. The van der Waals surface area contributed by atoms with Gasteiger partial charge in [0.25, 0.3) is 5.56 Å². The van der Waals surface area contributed by atoms with Crippen molar-refractivity contribution in [2.45, 2.75) is 32.9 Å². The van der Waals surface area contributed by atoms with Crippen molar-refractivity contribution in [2.24, 2.45) is 5.92 Å². The van der Waals surface area contributed by atoms with Gasteiger partial charge in [-0.3, -0.25) is 14.7 Å². The molecule has 1 saturated heterocycles. The first-order valence-electron chi connectivity index (χ1n) is 9.25. The lowest BCUT2D eigenvalue weighted by Gasteiger charge is -2.36. The van der Waals surface area contributed by atoms with Crippen molar-refractivity contribution in [1.29, 1.82) is 0 Å². The quantitative estimate of drug-likeness (QED) is 0.805. The second-order valence-corrected chi connectivity index (χ2v) is 7.66. The van der Waals surface area contributed by atoms with Gasteiger partial charge >= 0.3 is 0 Å². The van der Waals surface area contributed by atoms with Crippen LogP contribution < -0.4 is 10.5 Å². The molecule has 0 amide bonds. The molecule has 2 aliphatic rings. The second kappa shape index (κ2) is 7.37. The summed E-state index contributed by atoms with van der Waals surface area (Å²) in [5.74, 6) is 0.599. The highest BCUT2D eigenvalue weighted by Crippen LogP contribution is 2.30. The highest BCUT2D eigenvalue weighted by molar-refractivity contribution is 6.33. The van der Waals surface area contributed by atoms with Crippen LogP contribution in [0.4, 0.5) is 5.69 Å². The minimum absolute atomic E-state index is 0.163. The van der Waals surface area contributed by atoms with Crippen molar-refractivity contribution in [3.05, 3.63) is 51.2 Å². The van der Waals surface area contributed by atoms with E-state index in [2.05, 4.69) is 25.9 Å². The molecule has 6 nitrogen and oxygen atoms in total. The van der Waals surface area contributed by atoms with Gasteiger partial charge in [0.05, 0.1) is 11.9 Å². The van der Waals surface area contributed by atoms with E-state index in [1.165, 1.54) is 23.1 Å². The summed E-state index contributed by atoms with van der Waals surface area (Å²) in [6.45, 7) is 7.18. The lowest BCUT2D eigenvalue weighted by atomic mass is 10.2. The van der Waals surface area contributed by atoms with Crippen LogP contribution in [0.2, 0.25) is 5.02 Å². The van der Waals surface area contributed by atoms with Crippen LogP contribution in [-0.4, -0.2) is 45.8 Å². The highest BCUT2D eigenvalue weighted by atomic mass is 35.5. The Bertz CT molecular complexity index is 840. The van der Waals surface area contributed by atoms with Crippen LogP contribution in [0.25, 0.3) is 0 Å². The van der Waals surface area contributed by atoms with Gasteiger partial charge in [-0.2, -0.15) is 5.10 Å². The molecule has 2 fully saturated rings. The number of nitrogens with zero attached hydrogens (tertiary/aromatic N) is 5. The molecule has 1 aliphatic heterocycles. The third-order valence-electron chi connectivity index (χ3n) is 5.32. The zero-order valence-electron chi connectivity index (χ0n) is 15.1. The van der Waals surface area contributed by atoms with E-state index in [-0.39, 0.29) is 5.56 Å². The molecule has 0 spiro atoms. The monoisotopic (exact) mass is 373 g/mol. The first-order chi connectivity index (χ1) is 12.6. The topological polar surface area (TPSA) is 54.3 Å². The summed E-state index contributed by atoms with van der Waals surface area (Å²) in [6.07, 6.45) is 5.96. The number of hydrogen-bond donors (Lipinski definition) is 0. The van der Waals surface area contributed by atoms with Gasteiger partial charge < -0.3 is 4.90 Å². The summed E-state index contributed by atoms with van der Waals surface area (Å²) >= 11 is 6.39. The van der Waals surface area contributed by atoms with E-state index >= 15 is 0 Å². The molecule has 2 aromatic rings. The Kier molecular flexibility index (Phi) is 4.96. The molecule has 4 rings (SSSR count). The third-order valence-corrected chi connectivity index (χ3v) is 5.67. The van der Waals surface area contributed by atoms with E-state index in [9.17, 15) is 4.79 Å². The molecule has 0 radical (unpaired) electrons. The van der Waals surface area contributed by atoms with Crippen LogP contribution >= 0.6 is 11.6 Å². The normalized spacial score (nSPS) is 18.3. The maximum Gasteiger partial charge on any atom is 0.287 e. The molecule has 138 valence electrons. The SMILES string of the molecule is Cc1ncccc1CN1CCN(c2cnn(CC3CC3)c(=O)c2Cl)CC1. The van der Waals surface area contributed by atoms with Gasteiger partial charge in [-0.05, 0) is 37.3 Å². The first-order valence-corrected chi connectivity index (χ1v) is 9.63. The zero-order valence-corrected chi connectivity index (χ0v) is 15.8. The van der Waals surface area contributed by atoms with Gasteiger partial charge in [-0.1, -0.05) is 17.7 Å². The fraction of sp³-hybridized carbons (Fsp3) is 0.526. The highest BCUT2D eigenvalue weighted by Gasteiger charge is 2.25. The van der Waals surface area contributed by atoms with Crippen LogP contribution in [0.5, 0.6) is 0 Å². The average molecular weight is 374 g/mol. The van der Waals surface area contributed by atoms with Gasteiger partial charge in [0.2, 0.25) is 0 Å². The zero-order chi connectivity index (χ0) is 18.1. The molecule has 0 bridgehead atoms. The predicted octanol–water partition coefficient (Wildman–Crippen LogP) is 2.33. The summed E-state index contributed by atoms with van der Waals surface area (Å²) in [5.41, 5.74) is 2.95. The summed E-state index contributed by atoms with van der Waals surface area (Å²) in [7, 11) is 0. The van der Waals surface area contributed by atoms with Gasteiger partial charge in [-0.15, -0.1) is 0 Å². The Labute approximate surface area is 158 Å². The average Bonchev–Trinajstić information content (AvgIpc) is 3.46. The number of halogens is 1. The van der Waals surface area contributed by atoms with Gasteiger partial charge in [0.1, 0.15) is 5.02 Å². The smallest absolute Gasteiger partial charge is 0.287 e. The van der Waals surface area contributed by atoms with E-state index in [1.54, 1.807) is 6.20 Å². The van der Waals surface area contributed by atoms with Crippen LogP contribution in [0, 0.1) is 12.8 Å². The lowest BCUT2D eigenvalue weighted by Crippen LogP contribution is -2.46. The third kappa shape index (κ3) is 3.76. The Morgan fingerprint density at radius 1 is 1.23 bits per heavy atom. The van der Waals surface area contributed by atoms with Gasteiger partial charge in [0, 0.05) is 51.2 Å². The molecule has 0 N–H and O–H groups in total. The lowest BCUT2D eigenvalue weighted by molar-refractivity contribution is 0.249. The fourth-order valence-electron chi connectivity index (χ4n) is 3.42. The summed E-state index contributed by atoms with van der Waals surface area (Å²) in [5, 5.41) is 4.65. The van der Waals surface area contributed by atoms with Crippen molar-refractivity contribution in [3.8, 4) is 0 Å². The van der Waals surface area contributed by atoms with E-state index < -0.39 is 0 Å². The number of rotatable bonds is 5. The fourth-order valence-corrected chi connectivity index (χ4v) is 3.69. The van der Waals surface area contributed by atoms with E-state index in [0.717, 1.165) is 44.1 Å². The maximum absolute atomic E-state index is 12.5. The van der Waals surface area contributed by atoms with Gasteiger partial charge in [0.15, 0.2) is 0 Å². The summed E-state index contributed by atoms with van der Waals surface area (Å²) in [6, 6.07) is 4.12. The molecule has 26 heavy (non-hydrogen) atoms. The van der Waals surface area contributed by atoms with Crippen LogP contribution in [0.3, 0.4) is 0 Å². The van der Waals surface area contributed by atoms with Gasteiger partial charge in [-0.25, -0.2) is 4.68 Å². The van der Waals surface area contributed by atoms with E-state index in [1.807, 2.05) is 19.2 Å². The Hall–Kier alpha value is -1.92. The number of anilines is 1. The number of pyridine rings is 1. The summed E-state index contributed by atoms with van der Waals surface area (Å²) < 4.78 is 1.52. The standard InChI is InChI=1S/C19H24ClN5O/c1-14-16(3-2-6-21-14)13-23-7-9-24(10-8-23)17-11-22-25(12-15-4-5-15)19(26)18(17)20/h2-3,6,11,15H,4-5,7-10,12-13H2,1H3. The number of aromatic nitrogens is 3. The molecule has 0 atom stereocenters. The molecule has 0 aromatic carbocycles. The maximum atomic E-state index is 12.5. The minimum atomic E-state index is -0.163. The van der Waals surface area contributed by atoms with Crippen molar-refractivity contribution < 1.29 is 0 Å². The van der Waals surface area contributed by atoms with Crippen molar-refractivity contribution in [2.75, 3.05) is 31.1 Å². The molecule has 1 saturated carbocycles.